The van der Waals surface area contributed by atoms with Gasteiger partial charge < -0.3 is 4.90 Å². The van der Waals surface area contributed by atoms with Crippen LogP contribution in [0.15, 0.2) is 48.5 Å². The van der Waals surface area contributed by atoms with Crippen LogP contribution in [-0.4, -0.2) is 47.8 Å². The molecule has 2 saturated heterocycles. The molecule has 1 unspecified atom stereocenters. The lowest BCUT2D eigenvalue weighted by Gasteiger charge is -2.42. The molecule has 37 heavy (non-hydrogen) atoms. The van der Waals surface area contributed by atoms with Crippen LogP contribution in [0.2, 0.25) is 0 Å². The fraction of sp³-hybridized carbons (Fsp3) is 0.536. The van der Waals surface area contributed by atoms with Gasteiger partial charge in [-0.15, -0.1) is 0 Å². The van der Waals surface area contributed by atoms with Crippen molar-refractivity contribution in [3.63, 3.8) is 0 Å². The molecule has 0 amide bonds. The lowest BCUT2D eigenvalue weighted by molar-refractivity contribution is -0.143. The second kappa shape index (κ2) is 11.6. The highest BCUT2D eigenvalue weighted by Gasteiger charge is 2.37. The average molecular weight is 527 g/mol. The van der Waals surface area contributed by atoms with Crippen molar-refractivity contribution in [1.82, 2.24) is 9.80 Å². The topological polar surface area (TPSA) is 23.6 Å². The summed E-state index contributed by atoms with van der Waals surface area (Å²) in [7, 11) is 0. The van der Waals surface area contributed by atoms with Crippen molar-refractivity contribution in [1.29, 1.82) is 0 Å². The molecule has 0 aliphatic carbocycles. The molecule has 0 spiro atoms. The minimum Gasteiger partial charge on any atom is -0.300 e. The van der Waals surface area contributed by atoms with Gasteiger partial charge in [0.2, 0.25) is 0 Å². The maximum Gasteiger partial charge on any atom is 0.416 e. The zero-order chi connectivity index (χ0) is 26.6. The highest BCUT2D eigenvalue weighted by molar-refractivity contribution is 5.85. The van der Waals surface area contributed by atoms with Crippen LogP contribution in [0.5, 0.6) is 0 Å². The van der Waals surface area contributed by atoms with E-state index in [1.54, 1.807) is 0 Å². The fourth-order valence-corrected chi connectivity index (χ4v) is 5.60. The van der Waals surface area contributed by atoms with Crippen LogP contribution in [0.25, 0.3) is 0 Å². The number of carbonyl (C=O) groups is 1. The van der Waals surface area contributed by atoms with Gasteiger partial charge in [-0.2, -0.15) is 26.3 Å². The first-order valence-corrected chi connectivity index (χ1v) is 12.9. The zero-order valence-electron chi connectivity index (χ0n) is 20.6. The number of likely N-dealkylation sites (tertiary alicyclic amines) is 2. The van der Waals surface area contributed by atoms with Crippen molar-refractivity contribution in [2.45, 2.75) is 69.4 Å². The van der Waals surface area contributed by atoms with E-state index in [2.05, 4.69) is 9.80 Å². The number of carbonyl (C=O) groups excluding carboxylic acids is 1. The molecule has 0 N–H and O–H groups in total. The summed E-state index contributed by atoms with van der Waals surface area (Å²) in [5, 5.41) is 0. The van der Waals surface area contributed by atoms with E-state index in [1.165, 1.54) is 19.3 Å². The summed E-state index contributed by atoms with van der Waals surface area (Å²) >= 11 is 0. The van der Waals surface area contributed by atoms with Gasteiger partial charge in [-0.25, -0.2) is 0 Å². The highest BCUT2D eigenvalue weighted by atomic mass is 19.4. The number of alkyl halides is 6. The Bertz CT molecular complexity index is 1010. The third kappa shape index (κ3) is 7.13. The van der Waals surface area contributed by atoms with Crippen LogP contribution in [0.4, 0.5) is 26.3 Å². The molecule has 1 atom stereocenters. The summed E-state index contributed by atoms with van der Waals surface area (Å²) in [5.41, 5.74) is -2.07. The van der Waals surface area contributed by atoms with Gasteiger partial charge in [0.15, 0.2) is 5.78 Å². The molecule has 2 aliphatic heterocycles. The van der Waals surface area contributed by atoms with Gasteiger partial charge in [-0.1, -0.05) is 36.8 Å². The Labute approximate surface area is 213 Å². The van der Waals surface area contributed by atoms with Crippen LogP contribution in [0.1, 0.15) is 66.8 Å². The number of ketones is 1. The summed E-state index contributed by atoms with van der Waals surface area (Å²) in [4.78, 5) is 18.1. The van der Waals surface area contributed by atoms with Crippen LogP contribution in [0, 0.1) is 0 Å². The van der Waals surface area contributed by atoms with Crippen molar-refractivity contribution in [2.24, 2.45) is 0 Å². The number of Topliss-reactive ketones (excluding diaryl/α,β-unsaturated/α-hetero) is 1. The molecule has 2 aliphatic rings. The number of hydrogen-bond donors (Lipinski definition) is 0. The molecule has 0 radical (unpaired) electrons. The molecule has 4 rings (SSSR count). The first-order valence-electron chi connectivity index (χ1n) is 12.9. The Hall–Kier alpha value is -2.39. The number of piperidine rings is 2. The van der Waals surface area contributed by atoms with Crippen molar-refractivity contribution in [3.8, 4) is 0 Å². The molecular formula is C28H32F6N2O. The van der Waals surface area contributed by atoms with Gasteiger partial charge in [0.1, 0.15) is 0 Å². The number of benzene rings is 2. The first-order chi connectivity index (χ1) is 17.5. The van der Waals surface area contributed by atoms with E-state index in [-0.39, 0.29) is 30.3 Å². The zero-order valence-corrected chi connectivity index (χ0v) is 20.6. The first kappa shape index (κ1) is 27.6. The Balaban J connectivity index is 1.49. The SMILES string of the molecule is O=C(CCc1cc(C(F)(F)F)cc(C(F)(F)F)c1)C(c1ccccc1)N1CCC(N2CCCCC2)CC1. The molecule has 2 aromatic carbocycles. The number of rotatable bonds is 7. The van der Waals surface area contributed by atoms with E-state index in [4.69, 9.17) is 0 Å². The molecule has 0 bridgehead atoms. The Morgan fingerprint density at radius 1 is 0.811 bits per heavy atom. The van der Waals surface area contributed by atoms with Crippen molar-refractivity contribution >= 4 is 5.78 Å². The van der Waals surface area contributed by atoms with E-state index in [1.807, 2.05) is 30.3 Å². The molecule has 3 nitrogen and oxygen atoms in total. The fourth-order valence-electron chi connectivity index (χ4n) is 5.60. The lowest BCUT2D eigenvalue weighted by Crippen LogP contribution is -2.48. The van der Waals surface area contributed by atoms with Crippen LogP contribution in [0.3, 0.4) is 0 Å². The van der Waals surface area contributed by atoms with E-state index >= 15 is 0 Å². The van der Waals surface area contributed by atoms with Gasteiger partial charge in [-0.3, -0.25) is 9.69 Å². The molecule has 9 heteroatoms. The van der Waals surface area contributed by atoms with E-state index in [0.717, 1.165) is 31.5 Å². The Kier molecular flexibility index (Phi) is 8.63. The third-order valence-electron chi connectivity index (χ3n) is 7.50. The normalized spacial score (nSPS) is 19.6. The summed E-state index contributed by atoms with van der Waals surface area (Å²) in [6.07, 6.45) is -4.64. The molecule has 2 aromatic rings. The van der Waals surface area contributed by atoms with E-state index in [0.29, 0.717) is 31.3 Å². The Morgan fingerprint density at radius 3 is 1.92 bits per heavy atom. The summed E-state index contributed by atoms with van der Waals surface area (Å²) < 4.78 is 79.5. The van der Waals surface area contributed by atoms with Crippen molar-refractivity contribution in [3.05, 3.63) is 70.8 Å². The van der Waals surface area contributed by atoms with E-state index < -0.39 is 29.5 Å². The Morgan fingerprint density at radius 2 is 1.38 bits per heavy atom. The van der Waals surface area contributed by atoms with Crippen LogP contribution >= 0.6 is 0 Å². The number of hydrogen-bond acceptors (Lipinski definition) is 3. The van der Waals surface area contributed by atoms with Gasteiger partial charge in [0.25, 0.3) is 0 Å². The molecule has 0 aromatic heterocycles. The molecular weight excluding hydrogens is 494 g/mol. The van der Waals surface area contributed by atoms with Gasteiger partial charge in [0, 0.05) is 25.6 Å². The highest BCUT2D eigenvalue weighted by Crippen LogP contribution is 2.37. The van der Waals surface area contributed by atoms with Crippen molar-refractivity contribution in [2.75, 3.05) is 26.2 Å². The predicted octanol–water partition coefficient (Wildman–Crippen LogP) is 6.92. The summed E-state index contributed by atoms with van der Waals surface area (Å²) in [6, 6.07) is 10.7. The second-order valence-electron chi connectivity index (χ2n) is 10.1. The average Bonchev–Trinajstić information content (AvgIpc) is 2.88. The predicted molar refractivity (Wildman–Crippen MR) is 129 cm³/mol. The molecule has 2 fully saturated rings. The minimum atomic E-state index is -4.91. The van der Waals surface area contributed by atoms with Gasteiger partial charge >= 0.3 is 12.4 Å². The minimum absolute atomic E-state index is 0.116. The summed E-state index contributed by atoms with van der Waals surface area (Å²) in [5.74, 6) is -0.200. The summed E-state index contributed by atoms with van der Waals surface area (Å²) in [6.45, 7) is 3.63. The number of nitrogens with zero attached hydrogens (tertiary/aromatic N) is 2. The third-order valence-corrected chi connectivity index (χ3v) is 7.50. The van der Waals surface area contributed by atoms with Gasteiger partial charge in [0.05, 0.1) is 17.2 Å². The largest absolute Gasteiger partial charge is 0.416 e. The number of halogens is 6. The lowest BCUT2D eigenvalue weighted by atomic mass is 9.92. The van der Waals surface area contributed by atoms with E-state index in [9.17, 15) is 31.1 Å². The number of aryl methyl sites for hydroxylation is 1. The monoisotopic (exact) mass is 526 g/mol. The van der Waals surface area contributed by atoms with Gasteiger partial charge in [-0.05, 0) is 74.5 Å². The maximum atomic E-state index is 13.5. The second-order valence-corrected chi connectivity index (χ2v) is 10.1. The quantitative estimate of drug-likeness (QED) is 0.366. The van der Waals surface area contributed by atoms with Crippen molar-refractivity contribution < 1.29 is 31.1 Å². The molecule has 2 heterocycles. The molecule has 0 saturated carbocycles. The van der Waals surface area contributed by atoms with Crippen LogP contribution < -0.4 is 0 Å². The smallest absolute Gasteiger partial charge is 0.300 e. The maximum absolute atomic E-state index is 13.5. The molecule has 202 valence electrons. The standard InChI is InChI=1S/C28H32F6N2O/c29-27(30,31)22-17-20(18-23(19-22)28(32,33)34)9-10-25(37)26(21-7-3-1-4-8-21)36-15-11-24(12-16-36)35-13-5-2-6-14-35/h1,3-4,7-8,17-19,24,26H,2,5-6,9-16H2. The van der Waals surface area contributed by atoms with Crippen LogP contribution in [-0.2, 0) is 23.6 Å².